The minimum atomic E-state index is -0.652. The molecule has 4 aromatic carbocycles. The minimum absolute atomic E-state index is 0.0435. The number of nitrogens with one attached hydrogen (secondary N) is 2. The third kappa shape index (κ3) is 7.16. The molecule has 4 heterocycles. The number of rotatable bonds is 12. The number of anilines is 2. The number of benzene rings is 4. The standard InChI is InChI=1S/C41H36N4O8/c1-3-48-36-16-15-27-9-5-13-30(38(27)45-36)44-34(46)22-49-31-14-6-10-28-21-41(2,53-39(28)31)20-25-18-32(40-33(19-25)51-24-52-40)50-23-35(47)43-29-12-4-8-26-11-7-17-42-37(26)29/h4-19H,3,20-24H2,1-2H3,(H,43,47)(H,44,46). The van der Waals surface area contributed by atoms with E-state index >= 15 is 0 Å². The van der Waals surface area contributed by atoms with Crippen molar-refractivity contribution < 1.29 is 38.0 Å². The fraction of sp³-hybridized carbons (Fsp3) is 0.220. The molecule has 2 aliphatic rings. The molecule has 0 saturated heterocycles. The van der Waals surface area contributed by atoms with E-state index in [1.54, 1.807) is 30.5 Å². The number of aromatic nitrogens is 2. The highest BCUT2D eigenvalue weighted by molar-refractivity contribution is 6.01. The molecule has 1 unspecified atom stereocenters. The van der Waals surface area contributed by atoms with Crippen LogP contribution in [-0.4, -0.2) is 54.0 Å². The van der Waals surface area contributed by atoms with Gasteiger partial charge in [0.2, 0.25) is 18.4 Å². The van der Waals surface area contributed by atoms with Gasteiger partial charge in [-0.2, -0.15) is 0 Å². The van der Waals surface area contributed by atoms with Gasteiger partial charge in [-0.05, 0) is 61.9 Å². The smallest absolute Gasteiger partial charge is 0.262 e. The fourth-order valence-electron chi connectivity index (χ4n) is 6.71. The van der Waals surface area contributed by atoms with E-state index in [-0.39, 0.29) is 31.8 Å². The van der Waals surface area contributed by atoms with Crippen LogP contribution in [0.3, 0.4) is 0 Å². The number of carbonyl (C=O) groups excluding carboxylic acids is 2. The summed E-state index contributed by atoms with van der Waals surface area (Å²) in [5, 5.41) is 7.61. The van der Waals surface area contributed by atoms with Crippen LogP contribution < -0.4 is 39.1 Å². The summed E-state index contributed by atoms with van der Waals surface area (Å²) < 4.78 is 35.6. The van der Waals surface area contributed by atoms with Gasteiger partial charge in [0.25, 0.3) is 11.8 Å². The number of nitrogens with zero attached hydrogens (tertiary/aromatic N) is 2. The Balaban J connectivity index is 0.924. The van der Waals surface area contributed by atoms with Gasteiger partial charge in [0.15, 0.2) is 36.2 Å². The Morgan fingerprint density at radius 3 is 2.28 bits per heavy atom. The van der Waals surface area contributed by atoms with E-state index in [4.69, 9.17) is 28.4 Å². The Labute approximate surface area is 305 Å². The quantitative estimate of drug-likeness (QED) is 0.138. The average molecular weight is 713 g/mol. The van der Waals surface area contributed by atoms with Crippen molar-refractivity contribution in [3.8, 4) is 34.6 Å². The van der Waals surface area contributed by atoms with Crippen LogP contribution in [0.2, 0.25) is 0 Å². The van der Waals surface area contributed by atoms with Gasteiger partial charge in [-0.15, -0.1) is 0 Å². The predicted octanol–water partition coefficient (Wildman–Crippen LogP) is 6.88. The van der Waals surface area contributed by atoms with E-state index in [1.807, 2.05) is 80.6 Å². The molecule has 0 spiro atoms. The first-order chi connectivity index (χ1) is 25.8. The van der Waals surface area contributed by atoms with Crippen LogP contribution in [0.5, 0.6) is 34.6 Å². The molecular weight excluding hydrogens is 676 g/mol. The van der Waals surface area contributed by atoms with E-state index in [2.05, 4.69) is 20.6 Å². The molecule has 0 aliphatic carbocycles. The molecule has 12 heteroatoms. The number of para-hydroxylation sites is 3. The summed E-state index contributed by atoms with van der Waals surface area (Å²) >= 11 is 0. The number of hydrogen-bond donors (Lipinski definition) is 2. The van der Waals surface area contributed by atoms with Crippen LogP contribution in [0.25, 0.3) is 21.8 Å². The molecule has 0 radical (unpaired) electrons. The van der Waals surface area contributed by atoms with E-state index in [0.717, 1.165) is 21.9 Å². The molecule has 0 fully saturated rings. The van der Waals surface area contributed by atoms with Crippen molar-refractivity contribution in [2.75, 3.05) is 37.2 Å². The maximum absolute atomic E-state index is 13.1. The number of hydrogen-bond acceptors (Lipinski definition) is 10. The van der Waals surface area contributed by atoms with Gasteiger partial charge in [-0.25, -0.2) is 4.98 Å². The zero-order valence-corrected chi connectivity index (χ0v) is 29.1. The average Bonchev–Trinajstić information content (AvgIpc) is 3.77. The van der Waals surface area contributed by atoms with Crippen LogP contribution >= 0.6 is 0 Å². The molecule has 53 heavy (non-hydrogen) atoms. The van der Waals surface area contributed by atoms with Crippen molar-refractivity contribution in [1.82, 2.24) is 9.97 Å². The largest absolute Gasteiger partial charge is 0.483 e. The van der Waals surface area contributed by atoms with Gasteiger partial charge in [-0.3, -0.25) is 14.6 Å². The molecule has 268 valence electrons. The molecular formula is C41H36N4O8. The molecule has 2 N–H and O–H groups in total. The van der Waals surface area contributed by atoms with E-state index in [9.17, 15) is 9.59 Å². The minimum Gasteiger partial charge on any atom is -0.483 e. The highest BCUT2D eigenvalue weighted by atomic mass is 16.7. The molecule has 8 rings (SSSR count). The summed E-state index contributed by atoms with van der Waals surface area (Å²) in [5.41, 5.74) is 3.67. The number of amides is 2. The number of ether oxygens (including phenoxy) is 6. The van der Waals surface area contributed by atoms with Crippen molar-refractivity contribution >= 4 is 45.0 Å². The lowest BCUT2D eigenvalue weighted by atomic mass is 9.91. The number of carbonyl (C=O) groups is 2. The highest BCUT2D eigenvalue weighted by Gasteiger charge is 2.38. The van der Waals surface area contributed by atoms with Gasteiger partial charge in [0, 0.05) is 41.4 Å². The third-order valence-electron chi connectivity index (χ3n) is 8.93. The number of fused-ring (bicyclic) bond motifs is 4. The Morgan fingerprint density at radius 1 is 0.774 bits per heavy atom. The monoisotopic (exact) mass is 712 g/mol. The van der Waals surface area contributed by atoms with Crippen LogP contribution in [0.1, 0.15) is 25.0 Å². The Hall–Kier alpha value is -6.56. The van der Waals surface area contributed by atoms with E-state index in [0.29, 0.717) is 76.5 Å². The van der Waals surface area contributed by atoms with E-state index < -0.39 is 5.60 Å². The van der Waals surface area contributed by atoms with Crippen LogP contribution in [-0.2, 0) is 22.4 Å². The Bertz CT molecular complexity index is 2360. The topological polar surface area (TPSA) is 139 Å². The molecule has 12 nitrogen and oxygen atoms in total. The van der Waals surface area contributed by atoms with Crippen LogP contribution in [0.4, 0.5) is 11.4 Å². The lowest BCUT2D eigenvalue weighted by Gasteiger charge is -2.25. The molecule has 1 atom stereocenters. The van der Waals surface area contributed by atoms with Crippen LogP contribution in [0, 0.1) is 0 Å². The Morgan fingerprint density at radius 2 is 1.49 bits per heavy atom. The first kappa shape index (κ1) is 33.6. The second kappa shape index (κ2) is 14.2. The fourth-order valence-corrected chi connectivity index (χ4v) is 6.71. The van der Waals surface area contributed by atoms with Crippen molar-refractivity contribution in [2.24, 2.45) is 0 Å². The van der Waals surface area contributed by atoms with Crippen molar-refractivity contribution in [3.63, 3.8) is 0 Å². The molecule has 2 aromatic heterocycles. The summed E-state index contributed by atoms with van der Waals surface area (Å²) in [4.78, 5) is 35.0. The molecule has 2 amide bonds. The van der Waals surface area contributed by atoms with Gasteiger partial charge in [0.1, 0.15) is 5.60 Å². The first-order valence-corrected chi connectivity index (χ1v) is 17.3. The molecule has 6 aromatic rings. The maximum atomic E-state index is 13.1. The van der Waals surface area contributed by atoms with Gasteiger partial charge >= 0.3 is 0 Å². The van der Waals surface area contributed by atoms with Gasteiger partial charge in [-0.1, -0.05) is 42.5 Å². The summed E-state index contributed by atoms with van der Waals surface area (Å²) in [6.07, 6.45) is 2.77. The van der Waals surface area contributed by atoms with Gasteiger partial charge in [0.05, 0.1) is 29.0 Å². The first-order valence-electron chi connectivity index (χ1n) is 17.3. The Kier molecular flexibility index (Phi) is 9.01. The summed E-state index contributed by atoms with van der Waals surface area (Å²) in [6.45, 7) is 3.96. The lowest BCUT2D eigenvalue weighted by molar-refractivity contribution is -0.118. The molecule has 0 bridgehead atoms. The second-order valence-corrected chi connectivity index (χ2v) is 13.0. The summed E-state index contributed by atoms with van der Waals surface area (Å²) in [6, 6.07) is 28.1. The number of pyridine rings is 2. The maximum Gasteiger partial charge on any atom is 0.262 e. The highest BCUT2D eigenvalue weighted by Crippen LogP contribution is 2.46. The summed E-state index contributed by atoms with van der Waals surface area (Å²) in [5.74, 6) is 2.23. The van der Waals surface area contributed by atoms with Gasteiger partial charge < -0.3 is 39.1 Å². The van der Waals surface area contributed by atoms with Crippen LogP contribution in [0.15, 0.2) is 97.2 Å². The summed E-state index contributed by atoms with van der Waals surface area (Å²) in [7, 11) is 0. The van der Waals surface area contributed by atoms with Crippen molar-refractivity contribution in [3.05, 3.63) is 108 Å². The van der Waals surface area contributed by atoms with Crippen molar-refractivity contribution in [1.29, 1.82) is 0 Å². The molecule has 2 aliphatic heterocycles. The van der Waals surface area contributed by atoms with Crippen molar-refractivity contribution in [2.45, 2.75) is 32.3 Å². The lowest BCUT2D eigenvalue weighted by Crippen LogP contribution is -2.33. The second-order valence-electron chi connectivity index (χ2n) is 13.0. The zero-order valence-electron chi connectivity index (χ0n) is 29.1. The predicted molar refractivity (Wildman–Crippen MR) is 198 cm³/mol. The molecule has 0 saturated carbocycles. The SMILES string of the molecule is CCOc1ccc2cccc(NC(=O)COc3cccc4c3OC(C)(Cc3cc5c(c(OCC(=O)Nc6cccc7cccnc67)c3)OCO5)C4)c2n1. The zero-order chi connectivity index (χ0) is 36.4. The van der Waals surface area contributed by atoms with E-state index in [1.165, 1.54) is 0 Å². The normalized spacial score (nSPS) is 15.4. The third-order valence-corrected chi connectivity index (χ3v) is 8.93.